The minimum Gasteiger partial charge on any atom is -0.387 e. The average Bonchev–Trinajstić information content (AvgIpc) is 2.81. The Morgan fingerprint density at radius 1 is 1.12 bits per heavy atom. The van der Waals surface area contributed by atoms with Gasteiger partial charge in [0, 0.05) is 37.7 Å². The summed E-state index contributed by atoms with van der Waals surface area (Å²) >= 11 is 0. The predicted octanol–water partition coefficient (Wildman–Crippen LogP) is 2.44. The molecule has 7 rings (SSSR count). The van der Waals surface area contributed by atoms with Gasteiger partial charge in [-0.25, -0.2) is 0 Å². The van der Waals surface area contributed by atoms with Crippen molar-refractivity contribution in [3.63, 3.8) is 0 Å². The van der Waals surface area contributed by atoms with E-state index in [1.54, 1.807) is 0 Å². The fraction of sp³-hybridized carbons (Fsp3) is 0.769. The molecule has 4 aliphatic carbocycles. The standard InChI is InChI=1S/C26H35NO6/c1-13-15-8-9-16-24-12-31-26(25(16,18(13)28)21(15)32-23(4,5)33-26)20(30)17(24)22(2,3)10-14(19(24)29)11-27(6)7/h11,15-17,20-21,30H,1,8-10,12H2,2-7H3/b14-11-/t15-,16-,17+,20-,21+,24-,25-,26+/m0/s1. The van der Waals surface area contributed by atoms with Crippen LogP contribution in [-0.4, -0.2) is 66.1 Å². The van der Waals surface area contributed by atoms with E-state index in [4.69, 9.17) is 14.2 Å². The number of ether oxygens (including phenoxy) is 3. The van der Waals surface area contributed by atoms with Crippen molar-refractivity contribution in [1.29, 1.82) is 0 Å². The molecule has 3 saturated heterocycles. The molecule has 1 N–H and O–H groups in total. The van der Waals surface area contributed by atoms with E-state index in [0.717, 1.165) is 12.0 Å². The van der Waals surface area contributed by atoms with Crippen molar-refractivity contribution in [2.24, 2.45) is 34.0 Å². The Balaban J connectivity index is 1.66. The van der Waals surface area contributed by atoms with Crippen LogP contribution in [0.15, 0.2) is 23.9 Å². The first-order valence-corrected chi connectivity index (χ1v) is 12.1. The highest BCUT2D eigenvalue weighted by Gasteiger charge is 2.90. The van der Waals surface area contributed by atoms with Crippen LogP contribution in [0.5, 0.6) is 0 Å². The molecule has 0 unspecified atom stereocenters. The van der Waals surface area contributed by atoms with E-state index < -0.39 is 45.9 Å². The molecule has 3 aliphatic heterocycles. The number of carbonyl (C=O) groups excluding carboxylic acids is 2. The zero-order valence-electron chi connectivity index (χ0n) is 20.4. The van der Waals surface area contributed by atoms with Gasteiger partial charge in [0.2, 0.25) is 5.79 Å². The summed E-state index contributed by atoms with van der Waals surface area (Å²) in [6.45, 7) is 12.2. The first kappa shape index (κ1) is 22.0. The van der Waals surface area contributed by atoms with Crippen LogP contribution in [0.4, 0.5) is 0 Å². The van der Waals surface area contributed by atoms with Crippen molar-refractivity contribution < 1.29 is 28.9 Å². The van der Waals surface area contributed by atoms with E-state index in [9.17, 15) is 14.7 Å². The van der Waals surface area contributed by atoms with Crippen LogP contribution in [0.3, 0.4) is 0 Å². The Hall–Kier alpha value is -1.54. The van der Waals surface area contributed by atoms with Crippen LogP contribution in [0.25, 0.3) is 0 Å². The molecule has 0 amide bonds. The van der Waals surface area contributed by atoms with Crippen molar-refractivity contribution in [2.75, 3.05) is 20.7 Å². The van der Waals surface area contributed by atoms with Crippen LogP contribution in [0.2, 0.25) is 0 Å². The molecule has 4 saturated carbocycles. The Labute approximate surface area is 195 Å². The Morgan fingerprint density at radius 3 is 2.48 bits per heavy atom. The SMILES string of the molecule is C=C1C(=O)[C@@]23[C@@H]4OC(C)(C)O[C@@]25OC[C@]2(C(=O)/C(=C\N(C)C)CC(C)(C)[C@H]2[C@@H]5O)[C@@H]3CC[C@@H]14. The first-order valence-electron chi connectivity index (χ1n) is 12.1. The minimum atomic E-state index is -1.55. The van der Waals surface area contributed by atoms with Gasteiger partial charge in [-0.1, -0.05) is 20.4 Å². The van der Waals surface area contributed by atoms with Gasteiger partial charge in [-0.05, 0) is 50.0 Å². The first-order chi connectivity index (χ1) is 15.3. The Bertz CT molecular complexity index is 1030. The quantitative estimate of drug-likeness (QED) is 0.606. The molecular weight excluding hydrogens is 422 g/mol. The van der Waals surface area contributed by atoms with E-state index in [0.29, 0.717) is 18.4 Å². The average molecular weight is 458 g/mol. The van der Waals surface area contributed by atoms with Crippen molar-refractivity contribution in [3.05, 3.63) is 23.9 Å². The molecule has 0 radical (unpaired) electrons. The maximum Gasteiger partial charge on any atom is 0.213 e. The van der Waals surface area contributed by atoms with Crippen LogP contribution in [-0.2, 0) is 23.8 Å². The summed E-state index contributed by atoms with van der Waals surface area (Å²) in [5, 5.41) is 12.1. The predicted molar refractivity (Wildman–Crippen MR) is 119 cm³/mol. The monoisotopic (exact) mass is 457 g/mol. The van der Waals surface area contributed by atoms with Gasteiger partial charge in [-0.2, -0.15) is 0 Å². The number of nitrogens with zero attached hydrogens (tertiary/aromatic N) is 1. The number of hydrogen-bond acceptors (Lipinski definition) is 7. The number of allylic oxidation sites excluding steroid dienone is 1. The lowest BCUT2D eigenvalue weighted by atomic mass is 9.35. The molecule has 180 valence electrons. The molecule has 7 heteroatoms. The molecule has 0 aromatic heterocycles. The van der Waals surface area contributed by atoms with Gasteiger partial charge in [-0.3, -0.25) is 9.59 Å². The molecule has 0 aromatic rings. The summed E-state index contributed by atoms with van der Waals surface area (Å²) in [6.07, 6.45) is 2.21. The van der Waals surface area contributed by atoms with Crippen molar-refractivity contribution in [3.8, 4) is 0 Å². The Morgan fingerprint density at radius 2 is 1.82 bits per heavy atom. The fourth-order valence-corrected chi connectivity index (χ4v) is 9.10. The third kappa shape index (κ3) is 2.14. The van der Waals surface area contributed by atoms with E-state index >= 15 is 0 Å². The van der Waals surface area contributed by atoms with Crippen molar-refractivity contribution in [1.82, 2.24) is 4.90 Å². The minimum absolute atomic E-state index is 0.000374. The molecule has 4 bridgehead atoms. The van der Waals surface area contributed by atoms with E-state index in [2.05, 4.69) is 20.4 Å². The number of rotatable bonds is 1. The molecule has 8 atom stereocenters. The third-order valence-corrected chi connectivity index (χ3v) is 9.65. The second-order valence-electron chi connectivity index (χ2n) is 12.5. The van der Waals surface area contributed by atoms with Crippen LogP contribution in [0.1, 0.15) is 47.0 Å². The van der Waals surface area contributed by atoms with E-state index in [1.807, 2.05) is 39.0 Å². The molecule has 3 heterocycles. The molecular formula is C26H35NO6. The summed E-state index contributed by atoms with van der Waals surface area (Å²) in [6, 6.07) is 0. The maximum absolute atomic E-state index is 14.4. The second-order valence-corrected chi connectivity index (χ2v) is 12.5. The lowest BCUT2D eigenvalue weighted by Gasteiger charge is -2.76. The third-order valence-electron chi connectivity index (χ3n) is 9.65. The number of Topliss-reactive ketones (excluding diaryl/α,β-unsaturated/α-hetero) is 2. The second kappa shape index (κ2) is 5.99. The highest BCUT2D eigenvalue weighted by Crippen LogP contribution is 2.78. The van der Waals surface area contributed by atoms with Crippen LogP contribution < -0.4 is 0 Å². The van der Waals surface area contributed by atoms with E-state index in [1.165, 1.54) is 0 Å². The number of aliphatic hydroxyl groups excluding tert-OH is 1. The lowest BCUT2D eigenvalue weighted by molar-refractivity contribution is -0.523. The van der Waals surface area contributed by atoms with Gasteiger partial charge in [-0.15, -0.1) is 0 Å². The smallest absolute Gasteiger partial charge is 0.213 e. The summed E-state index contributed by atoms with van der Waals surface area (Å²) in [5.41, 5.74) is -1.43. The highest BCUT2D eigenvalue weighted by atomic mass is 16.8. The zero-order chi connectivity index (χ0) is 23.9. The zero-order valence-corrected chi connectivity index (χ0v) is 20.4. The van der Waals surface area contributed by atoms with Crippen LogP contribution >= 0.6 is 0 Å². The number of ketones is 2. The summed E-state index contributed by atoms with van der Waals surface area (Å²) in [5.74, 6) is -3.63. The molecule has 3 spiro atoms. The van der Waals surface area contributed by atoms with Gasteiger partial charge in [0.25, 0.3) is 0 Å². The molecule has 7 aliphatic rings. The van der Waals surface area contributed by atoms with Crippen LogP contribution in [0, 0.1) is 34.0 Å². The number of hydrogen-bond donors (Lipinski definition) is 1. The van der Waals surface area contributed by atoms with Gasteiger partial charge < -0.3 is 24.2 Å². The fourth-order valence-electron chi connectivity index (χ4n) is 9.10. The highest BCUT2D eigenvalue weighted by molar-refractivity contribution is 6.08. The number of carbonyl (C=O) groups is 2. The molecule has 7 fully saturated rings. The summed E-state index contributed by atoms with van der Waals surface area (Å²) in [7, 11) is 3.81. The maximum atomic E-state index is 14.4. The number of fused-ring (bicyclic) bond motifs is 1. The summed E-state index contributed by atoms with van der Waals surface area (Å²) in [4.78, 5) is 30.4. The molecule has 7 nitrogen and oxygen atoms in total. The largest absolute Gasteiger partial charge is 0.387 e. The number of aliphatic hydroxyl groups is 1. The van der Waals surface area contributed by atoms with Gasteiger partial charge in [0.05, 0.1) is 18.1 Å². The van der Waals surface area contributed by atoms with Gasteiger partial charge in [0.1, 0.15) is 11.5 Å². The van der Waals surface area contributed by atoms with Gasteiger partial charge >= 0.3 is 0 Å². The van der Waals surface area contributed by atoms with E-state index in [-0.39, 0.29) is 30.0 Å². The Kier molecular flexibility index (Phi) is 3.98. The lowest BCUT2D eigenvalue weighted by Crippen LogP contribution is -2.88. The molecule has 0 aromatic carbocycles. The normalized spacial score (nSPS) is 52.0. The molecule has 33 heavy (non-hydrogen) atoms. The van der Waals surface area contributed by atoms with Gasteiger partial charge in [0.15, 0.2) is 17.4 Å². The van der Waals surface area contributed by atoms with Crippen molar-refractivity contribution in [2.45, 2.75) is 70.7 Å². The summed E-state index contributed by atoms with van der Waals surface area (Å²) < 4.78 is 19.5. The topological polar surface area (TPSA) is 85.3 Å². The van der Waals surface area contributed by atoms with Crippen molar-refractivity contribution >= 4 is 11.6 Å².